The summed E-state index contributed by atoms with van der Waals surface area (Å²) in [6.45, 7) is 3.68. The molecule has 1 aromatic carbocycles. The number of halogens is 1. The zero-order chi connectivity index (χ0) is 14.1. The molecular weight excluding hydrogens is 292 g/mol. The Morgan fingerprint density at radius 2 is 1.95 bits per heavy atom. The fraction of sp³-hybridized carbons (Fsp3) is 0.533. The van der Waals surface area contributed by atoms with Crippen molar-refractivity contribution in [2.75, 3.05) is 20.1 Å². The molecule has 3 atom stereocenters. The van der Waals surface area contributed by atoms with Gasteiger partial charge in [0.05, 0.1) is 0 Å². The fourth-order valence-corrected chi connectivity index (χ4v) is 2.74. The van der Waals surface area contributed by atoms with Crippen LogP contribution in [0.1, 0.15) is 13.3 Å². The number of likely N-dealkylation sites (N-methyl/N-ethyl adjacent to an activating group) is 1. The quantitative estimate of drug-likeness (QED) is 0.898. The summed E-state index contributed by atoms with van der Waals surface area (Å²) in [5, 5.41) is 3.27. The molecule has 6 heteroatoms. The number of benzene rings is 1. The van der Waals surface area contributed by atoms with Crippen molar-refractivity contribution in [3.8, 4) is 11.5 Å². The van der Waals surface area contributed by atoms with E-state index in [1.54, 1.807) is 4.90 Å². The van der Waals surface area contributed by atoms with Gasteiger partial charge in [-0.3, -0.25) is 4.79 Å². The Labute approximate surface area is 131 Å². The van der Waals surface area contributed by atoms with E-state index in [0.29, 0.717) is 11.5 Å². The monoisotopic (exact) mass is 312 g/mol. The number of hydrogen-bond acceptors (Lipinski definition) is 4. The molecule has 5 nitrogen and oxygen atoms in total. The maximum atomic E-state index is 12.6. The van der Waals surface area contributed by atoms with Gasteiger partial charge in [-0.15, -0.1) is 12.4 Å². The predicted molar refractivity (Wildman–Crippen MR) is 82.2 cm³/mol. The highest BCUT2D eigenvalue weighted by Crippen LogP contribution is 2.34. The molecule has 0 bridgehead atoms. The molecule has 1 saturated heterocycles. The number of fused-ring (bicyclic) bond motifs is 1. The van der Waals surface area contributed by atoms with E-state index in [4.69, 9.17) is 9.47 Å². The molecule has 1 N–H and O–H groups in total. The summed E-state index contributed by atoms with van der Waals surface area (Å²) < 4.78 is 11.6. The second-order valence-electron chi connectivity index (χ2n) is 5.40. The number of nitrogens with zero attached hydrogens (tertiary/aromatic N) is 1. The van der Waals surface area contributed by atoms with Crippen LogP contribution in [-0.4, -0.2) is 49.2 Å². The van der Waals surface area contributed by atoms with Gasteiger partial charge >= 0.3 is 0 Å². The average molecular weight is 313 g/mol. The van der Waals surface area contributed by atoms with Gasteiger partial charge in [0.15, 0.2) is 11.5 Å². The fourth-order valence-electron chi connectivity index (χ4n) is 2.74. The topological polar surface area (TPSA) is 50.8 Å². The van der Waals surface area contributed by atoms with Gasteiger partial charge in [0, 0.05) is 19.6 Å². The minimum Gasteiger partial charge on any atom is -0.482 e. The van der Waals surface area contributed by atoms with Crippen LogP contribution in [0.5, 0.6) is 11.5 Å². The molecule has 2 heterocycles. The van der Waals surface area contributed by atoms with Gasteiger partial charge in [-0.05, 0) is 32.0 Å². The minimum atomic E-state index is -0.574. The summed E-state index contributed by atoms with van der Waals surface area (Å²) in [6, 6.07) is 7.71. The van der Waals surface area contributed by atoms with Crippen LogP contribution in [-0.2, 0) is 4.79 Å². The van der Waals surface area contributed by atoms with Gasteiger partial charge in [-0.2, -0.15) is 0 Å². The van der Waals surface area contributed by atoms with E-state index in [-0.39, 0.29) is 30.5 Å². The van der Waals surface area contributed by atoms with E-state index in [2.05, 4.69) is 5.32 Å². The maximum absolute atomic E-state index is 12.6. The summed E-state index contributed by atoms with van der Waals surface area (Å²) in [5.74, 6) is 1.33. The molecule has 0 spiro atoms. The van der Waals surface area contributed by atoms with Crippen LogP contribution in [0, 0.1) is 0 Å². The Morgan fingerprint density at radius 3 is 2.57 bits per heavy atom. The summed E-state index contributed by atoms with van der Waals surface area (Å²) in [6.07, 6.45) is 0.130. The number of ether oxygens (including phenoxy) is 2. The van der Waals surface area contributed by atoms with Crippen LogP contribution in [0.3, 0.4) is 0 Å². The summed E-state index contributed by atoms with van der Waals surface area (Å²) in [5.41, 5.74) is 0. The van der Waals surface area contributed by atoms with E-state index in [1.165, 1.54) is 0 Å². The second kappa shape index (κ2) is 6.54. The third-order valence-electron chi connectivity index (χ3n) is 4.02. The lowest BCUT2D eigenvalue weighted by Crippen LogP contribution is -2.52. The van der Waals surface area contributed by atoms with Gasteiger partial charge in [-0.25, -0.2) is 0 Å². The van der Waals surface area contributed by atoms with Crippen molar-refractivity contribution < 1.29 is 14.3 Å². The molecule has 0 aliphatic carbocycles. The second-order valence-corrected chi connectivity index (χ2v) is 5.40. The lowest BCUT2D eigenvalue weighted by Gasteiger charge is -2.35. The molecule has 2 aliphatic heterocycles. The van der Waals surface area contributed by atoms with E-state index in [9.17, 15) is 4.79 Å². The normalized spacial score (nSPS) is 26.9. The Balaban J connectivity index is 0.00000161. The van der Waals surface area contributed by atoms with Gasteiger partial charge < -0.3 is 19.7 Å². The third kappa shape index (κ3) is 3.09. The molecule has 1 aromatic rings. The number of amides is 1. The van der Waals surface area contributed by atoms with Gasteiger partial charge in [-0.1, -0.05) is 12.1 Å². The number of carbonyl (C=O) groups excluding carboxylic acids is 1. The van der Waals surface area contributed by atoms with Gasteiger partial charge in [0.1, 0.15) is 6.10 Å². The van der Waals surface area contributed by atoms with Gasteiger partial charge in [0.2, 0.25) is 6.10 Å². The summed E-state index contributed by atoms with van der Waals surface area (Å²) in [4.78, 5) is 14.4. The molecule has 0 radical (unpaired) electrons. The molecule has 0 saturated carbocycles. The third-order valence-corrected chi connectivity index (χ3v) is 4.02. The molecule has 1 amide bonds. The summed E-state index contributed by atoms with van der Waals surface area (Å²) in [7, 11) is 1.84. The van der Waals surface area contributed by atoms with Crippen LogP contribution in [0.4, 0.5) is 0 Å². The lowest BCUT2D eigenvalue weighted by atomic mass is 10.1. The number of para-hydroxylation sites is 2. The van der Waals surface area contributed by atoms with Crippen molar-refractivity contribution in [2.45, 2.75) is 31.6 Å². The first-order chi connectivity index (χ1) is 9.66. The SMILES string of the molecule is CC1Oc2ccccc2OC1C(=O)N(C)C1CCNC1.Cl. The maximum Gasteiger partial charge on any atom is 0.267 e. The Hall–Kier alpha value is -1.46. The van der Waals surface area contributed by atoms with Crippen LogP contribution >= 0.6 is 12.4 Å². The van der Waals surface area contributed by atoms with E-state index in [1.807, 2.05) is 38.2 Å². The molecule has 21 heavy (non-hydrogen) atoms. The Kier molecular flexibility index (Phi) is 4.96. The van der Waals surface area contributed by atoms with Gasteiger partial charge in [0.25, 0.3) is 5.91 Å². The predicted octanol–water partition coefficient (Wildman–Crippen LogP) is 1.46. The molecule has 3 unspecified atom stereocenters. The van der Waals surface area contributed by atoms with Crippen LogP contribution < -0.4 is 14.8 Å². The molecule has 2 aliphatic rings. The number of hydrogen-bond donors (Lipinski definition) is 1. The number of rotatable bonds is 2. The zero-order valence-electron chi connectivity index (χ0n) is 12.2. The lowest BCUT2D eigenvalue weighted by molar-refractivity contribution is -0.144. The van der Waals surface area contributed by atoms with E-state index >= 15 is 0 Å². The van der Waals surface area contributed by atoms with Crippen molar-refractivity contribution in [1.29, 1.82) is 0 Å². The molecule has 1 fully saturated rings. The molecule has 0 aromatic heterocycles. The molecular formula is C15H21ClN2O3. The first-order valence-corrected chi connectivity index (χ1v) is 7.06. The largest absolute Gasteiger partial charge is 0.482 e. The molecule has 116 valence electrons. The summed E-state index contributed by atoms with van der Waals surface area (Å²) >= 11 is 0. The first-order valence-electron chi connectivity index (χ1n) is 7.06. The van der Waals surface area contributed by atoms with E-state index in [0.717, 1.165) is 19.5 Å². The highest BCUT2D eigenvalue weighted by molar-refractivity contribution is 5.85. The number of carbonyl (C=O) groups is 1. The Bertz CT molecular complexity index is 505. The van der Waals surface area contributed by atoms with E-state index < -0.39 is 6.10 Å². The number of nitrogens with one attached hydrogen (secondary N) is 1. The smallest absolute Gasteiger partial charge is 0.267 e. The zero-order valence-corrected chi connectivity index (χ0v) is 13.1. The van der Waals surface area contributed by atoms with Crippen LogP contribution in [0.25, 0.3) is 0 Å². The highest BCUT2D eigenvalue weighted by Gasteiger charge is 2.38. The van der Waals surface area contributed by atoms with Crippen molar-refractivity contribution >= 4 is 18.3 Å². The first kappa shape index (κ1) is 15.9. The minimum absolute atomic E-state index is 0. The van der Waals surface area contributed by atoms with Crippen LogP contribution in [0.15, 0.2) is 24.3 Å². The van der Waals surface area contributed by atoms with Crippen molar-refractivity contribution in [2.24, 2.45) is 0 Å². The average Bonchev–Trinajstić information content (AvgIpc) is 2.99. The highest BCUT2D eigenvalue weighted by atomic mass is 35.5. The van der Waals surface area contributed by atoms with Crippen molar-refractivity contribution in [1.82, 2.24) is 10.2 Å². The standard InChI is InChI=1S/C15H20N2O3.ClH/c1-10-14(15(18)17(2)11-7-8-16-9-11)20-13-6-4-3-5-12(13)19-10;/h3-6,10-11,14,16H,7-9H2,1-2H3;1H. The molecule has 3 rings (SSSR count). The van der Waals surface area contributed by atoms with Crippen LogP contribution in [0.2, 0.25) is 0 Å². The Morgan fingerprint density at radius 1 is 1.29 bits per heavy atom. The van der Waals surface area contributed by atoms with Crippen molar-refractivity contribution in [3.05, 3.63) is 24.3 Å². The van der Waals surface area contributed by atoms with Crippen molar-refractivity contribution in [3.63, 3.8) is 0 Å².